The molecule has 0 bridgehead atoms. The second kappa shape index (κ2) is 5.52. The summed E-state index contributed by atoms with van der Waals surface area (Å²) in [6.45, 7) is 0. The predicted octanol–water partition coefficient (Wildman–Crippen LogP) is 2.05. The van der Waals surface area contributed by atoms with Gasteiger partial charge < -0.3 is 0 Å². The summed E-state index contributed by atoms with van der Waals surface area (Å²) in [6, 6.07) is 4.88. The average Bonchev–Trinajstić information content (AvgIpc) is 2.41. The monoisotopic (exact) mass is 356 g/mol. The van der Waals surface area contributed by atoms with E-state index < -0.39 is 26.3 Å². The highest BCUT2D eigenvalue weighted by molar-refractivity contribution is 9.10. The molecule has 20 heavy (non-hydrogen) atoms. The number of hydrogen-bond donors (Lipinski definition) is 1. The lowest BCUT2D eigenvalue weighted by Gasteiger charge is -2.08. The van der Waals surface area contributed by atoms with Gasteiger partial charge in [-0.15, -0.1) is 0 Å². The van der Waals surface area contributed by atoms with E-state index >= 15 is 0 Å². The molecule has 0 spiro atoms. The number of nitrogens with one attached hydrogen (secondary N) is 1. The van der Waals surface area contributed by atoms with E-state index in [2.05, 4.69) is 30.6 Å². The zero-order chi connectivity index (χ0) is 14.8. The van der Waals surface area contributed by atoms with Crippen LogP contribution in [0.5, 0.6) is 0 Å². The van der Waals surface area contributed by atoms with Gasteiger partial charge in [0.2, 0.25) is 0 Å². The molecule has 2 aromatic rings. The van der Waals surface area contributed by atoms with Crippen molar-refractivity contribution in [3.05, 3.63) is 46.6 Å². The van der Waals surface area contributed by atoms with Gasteiger partial charge in [-0.05, 0) is 28.1 Å². The standard InChI is InChI=1S/C11H6BrFN4O2S/c12-10-5-16-11(6-15-10)17-20(18,19)9-3-1-2-8(13)7(9)4-14/h1-3,5-6H,(H,16,17). The third-order valence-electron chi connectivity index (χ3n) is 2.24. The van der Waals surface area contributed by atoms with Crippen molar-refractivity contribution < 1.29 is 12.8 Å². The maximum atomic E-state index is 13.4. The maximum Gasteiger partial charge on any atom is 0.264 e. The SMILES string of the molecule is N#Cc1c(F)cccc1S(=O)(=O)Nc1cnc(Br)cn1. The summed E-state index contributed by atoms with van der Waals surface area (Å²) in [5, 5.41) is 8.85. The van der Waals surface area contributed by atoms with Crippen LogP contribution in [0.15, 0.2) is 40.1 Å². The van der Waals surface area contributed by atoms with E-state index in [1.54, 1.807) is 0 Å². The molecule has 0 unspecified atom stereocenters. The van der Waals surface area contributed by atoms with Crippen LogP contribution in [0.2, 0.25) is 0 Å². The molecule has 1 heterocycles. The Morgan fingerprint density at radius 2 is 2.05 bits per heavy atom. The van der Waals surface area contributed by atoms with Gasteiger partial charge in [0, 0.05) is 0 Å². The van der Waals surface area contributed by atoms with Crippen LogP contribution in [-0.4, -0.2) is 18.4 Å². The molecule has 102 valence electrons. The molecule has 1 aromatic carbocycles. The van der Waals surface area contributed by atoms with Crippen LogP contribution < -0.4 is 4.72 Å². The summed E-state index contributed by atoms with van der Waals surface area (Å²) in [6.07, 6.45) is 2.49. The molecule has 2 rings (SSSR count). The van der Waals surface area contributed by atoms with E-state index in [-0.39, 0.29) is 5.82 Å². The minimum Gasteiger partial charge on any atom is -0.262 e. The summed E-state index contributed by atoms with van der Waals surface area (Å²) in [7, 11) is -4.12. The van der Waals surface area contributed by atoms with E-state index in [0.29, 0.717) is 4.60 Å². The van der Waals surface area contributed by atoms with Crippen LogP contribution >= 0.6 is 15.9 Å². The fraction of sp³-hybridized carbons (Fsp3) is 0. The van der Waals surface area contributed by atoms with Crippen LogP contribution in [0.3, 0.4) is 0 Å². The molecule has 0 saturated heterocycles. The van der Waals surface area contributed by atoms with Crippen molar-refractivity contribution in [3.63, 3.8) is 0 Å². The molecule has 6 nitrogen and oxygen atoms in total. The van der Waals surface area contributed by atoms with Gasteiger partial charge in [-0.1, -0.05) is 6.07 Å². The van der Waals surface area contributed by atoms with Gasteiger partial charge in [-0.3, -0.25) is 4.72 Å². The summed E-state index contributed by atoms with van der Waals surface area (Å²) < 4.78 is 40.2. The number of sulfonamides is 1. The van der Waals surface area contributed by atoms with Gasteiger partial charge in [0.25, 0.3) is 10.0 Å². The van der Waals surface area contributed by atoms with Gasteiger partial charge in [0.15, 0.2) is 5.82 Å². The fourth-order valence-corrected chi connectivity index (χ4v) is 2.76. The highest BCUT2D eigenvalue weighted by Gasteiger charge is 2.21. The number of nitrogens with zero attached hydrogens (tertiary/aromatic N) is 3. The molecular weight excluding hydrogens is 351 g/mol. The number of anilines is 1. The molecule has 1 N–H and O–H groups in total. The molecule has 0 aliphatic carbocycles. The first kappa shape index (κ1) is 14.4. The molecule has 0 aliphatic heterocycles. The second-order valence-electron chi connectivity index (χ2n) is 3.55. The highest BCUT2D eigenvalue weighted by Crippen LogP contribution is 2.20. The van der Waals surface area contributed by atoms with Crippen molar-refractivity contribution in [1.29, 1.82) is 5.26 Å². The van der Waals surface area contributed by atoms with E-state index in [1.165, 1.54) is 24.5 Å². The molecule has 0 atom stereocenters. The molecule has 9 heteroatoms. The Morgan fingerprint density at radius 3 is 2.65 bits per heavy atom. The van der Waals surface area contributed by atoms with Crippen LogP contribution in [0.4, 0.5) is 10.2 Å². The third-order valence-corrected chi connectivity index (χ3v) is 4.04. The van der Waals surface area contributed by atoms with Crippen LogP contribution in [0.25, 0.3) is 0 Å². The first-order chi connectivity index (χ1) is 9.44. The van der Waals surface area contributed by atoms with Gasteiger partial charge in [0.05, 0.1) is 12.4 Å². The summed E-state index contributed by atoms with van der Waals surface area (Å²) >= 11 is 3.06. The molecule has 1 aromatic heterocycles. The molecular formula is C11H6BrFN4O2S. The van der Waals surface area contributed by atoms with Crippen molar-refractivity contribution in [2.75, 3.05) is 4.72 Å². The Labute approximate surface area is 122 Å². The first-order valence-corrected chi connectivity index (χ1v) is 7.40. The Morgan fingerprint density at radius 1 is 1.30 bits per heavy atom. The highest BCUT2D eigenvalue weighted by atomic mass is 79.9. The minimum absolute atomic E-state index is 0.0404. The maximum absolute atomic E-state index is 13.4. The van der Waals surface area contributed by atoms with Crippen LogP contribution in [0, 0.1) is 17.1 Å². The number of hydrogen-bond acceptors (Lipinski definition) is 5. The molecule has 0 aliphatic rings. The van der Waals surface area contributed by atoms with Crippen molar-refractivity contribution in [3.8, 4) is 6.07 Å². The van der Waals surface area contributed by atoms with Gasteiger partial charge in [-0.25, -0.2) is 22.8 Å². The van der Waals surface area contributed by atoms with Crippen molar-refractivity contribution >= 4 is 31.8 Å². The lowest BCUT2D eigenvalue weighted by atomic mass is 10.2. The molecule has 0 fully saturated rings. The first-order valence-electron chi connectivity index (χ1n) is 5.13. The Hall–Kier alpha value is -2.05. The van der Waals surface area contributed by atoms with Gasteiger partial charge >= 0.3 is 0 Å². The second-order valence-corrected chi connectivity index (χ2v) is 6.02. The predicted molar refractivity (Wildman–Crippen MR) is 71.7 cm³/mol. The van der Waals surface area contributed by atoms with E-state index in [0.717, 1.165) is 12.1 Å². The van der Waals surface area contributed by atoms with Crippen molar-refractivity contribution in [2.24, 2.45) is 0 Å². The summed E-state index contributed by atoms with van der Waals surface area (Å²) in [5.74, 6) is -0.946. The van der Waals surface area contributed by atoms with Crippen LogP contribution in [0.1, 0.15) is 5.56 Å². The zero-order valence-corrected chi connectivity index (χ0v) is 12.1. The van der Waals surface area contributed by atoms with Gasteiger partial charge in [0.1, 0.15) is 26.9 Å². The number of rotatable bonds is 3. The molecule has 0 amide bonds. The lowest BCUT2D eigenvalue weighted by molar-refractivity contribution is 0.593. The van der Waals surface area contributed by atoms with Crippen LogP contribution in [-0.2, 0) is 10.0 Å². The largest absolute Gasteiger partial charge is 0.264 e. The van der Waals surface area contributed by atoms with Crippen molar-refractivity contribution in [1.82, 2.24) is 9.97 Å². The summed E-state index contributed by atoms with van der Waals surface area (Å²) in [5.41, 5.74) is -0.551. The quantitative estimate of drug-likeness (QED) is 0.907. The van der Waals surface area contributed by atoms with E-state index in [1.807, 2.05) is 0 Å². The van der Waals surface area contributed by atoms with E-state index in [4.69, 9.17) is 5.26 Å². The number of benzene rings is 1. The summed E-state index contributed by atoms with van der Waals surface area (Å²) in [4.78, 5) is 7.14. The van der Waals surface area contributed by atoms with E-state index in [9.17, 15) is 12.8 Å². The molecule has 0 saturated carbocycles. The normalized spacial score (nSPS) is 10.8. The molecule has 0 radical (unpaired) electrons. The topological polar surface area (TPSA) is 95.7 Å². The average molecular weight is 357 g/mol. The number of halogens is 2. The Bertz CT molecular complexity index is 787. The smallest absolute Gasteiger partial charge is 0.262 e. The lowest BCUT2D eigenvalue weighted by Crippen LogP contribution is -2.16. The van der Waals surface area contributed by atoms with Crippen molar-refractivity contribution in [2.45, 2.75) is 4.90 Å². The Balaban J connectivity index is 2.44. The number of nitriles is 1. The zero-order valence-electron chi connectivity index (χ0n) is 9.71. The van der Waals surface area contributed by atoms with Gasteiger partial charge in [-0.2, -0.15) is 5.26 Å². The fourth-order valence-electron chi connectivity index (χ4n) is 1.39. The number of aromatic nitrogens is 2. The Kier molecular flexibility index (Phi) is 3.96. The third kappa shape index (κ3) is 2.92. The minimum atomic E-state index is -4.12.